The van der Waals surface area contributed by atoms with Gasteiger partial charge in [-0.25, -0.2) is 0 Å². The van der Waals surface area contributed by atoms with Gasteiger partial charge in [0.1, 0.15) is 3.23 Å². The zero-order valence-electron chi connectivity index (χ0n) is 10.4. The van der Waals surface area contributed by atoms with Gasteiger partial charge in [-0.1, -0.05) is 37.9 Å². The highest BCUT2D eigenvalue weighted by Gasteiger charge is 2.42. The van der Waals surface area contributed by atoms with E-state index < -0.39 is 3.23 Å². The van der Waals surface area contributed by atoms with Gasteiger partial charge < -0.3 is 0 Å². The Morgan fingerprint density at radius 2 is 1.27 bits per heavy atom. The minimum Gasteiger partial charge on any atom is -0.0619 e. The van der Waals surface area contributed by atoms with Crippen LogP contribution >= 0.6 is 127 Å². The fraction of sp³-hybridized carbons (Fsp3) is 0.143. The maximum atomic E-state index is 3.90. The maximum absolute atomic E-state index is 3.90. The minimum atomic E-state index is -0.490. The summed E-state index contributed by atoms with van der Waals surface area (Å²) in [5.74, 6) is 0. The second-order valence-corrected chi connectivity index (χ2v) is 13.0. The van der Waals surface area contributed by atoms with Gasteiger partial charge in [0.15, 0.2) is 0 Å². The molecule has 0 amide bonds. The Hall–Kier alpha value is 2.28. The number of rotatable bonds is 0. The van der Waals surface area contributed by atoms with Crippen molar-refractivity contribution in [3.63, 3.8) is 0 Å². The van der Waals surface area contributed by atoms with Crippen molar-refractivity contribution in [1.82, 2.24) is 0 Å². The standard InChI is InChI=1S/C14H4Br8/c15-6-2-1-4-3-5-8(14(21,22)7(4)10(6)17)11(18)13(20)12(19)9(5)16/h1-2H,3H2. The van der Waals surface area contributed by atoms with E-state index in [0.717, 1.165) is 38.8 Å². The van der Waals surface area contributed by atoms with Gasteiger partial charge in [-0.05, 0) is 119 Å². The first-order valence-corrected chi connectivity index (χ1v) is 12.2. The van der Waals surface area contributed by atoms with E-state index in [0.29, 0.717) is 0 Å². The first-order valence-electron chi connectivity index (χ1n) is 5.88. The third-order valence-corrected chi connectivity index (χ3v) is 12.0. The molecule has 0 fully saturated rings. The summed E-state index contributed by atoms with van der Waals surface area (Å²) in [6.45, 7) is 0. The van der Waals surface area contributed by atoms with Crippen LogP contribution in [-0.2, 0) is 9.65 Å². The summed E-state index contributed by atoms with van der Waals surface area (Å²) in [6, 6.07) is 4.22. The maximum Gasteiger partial charge on any atom is 0.133 e. The minimum absolute atomic E-state index is 0.490. The molecule has 1 aliphatic carbocycles. The lowest BCUT2D eigenvalue weighted by Crippen LogP contribution is -2.23. The third-order valence-electron chi connectivity index (χ3n) is 3.54. The summed E-state index contributed by atoms with van der Waals surface area (Å²) in [4.78, 5) is 0. The van der Waals surface area contributed by atoms with E-state index in [4.69, 9.17) is 0 Å². The Morgan fingerprint density at radius 1 is 0.682 bits per heavy atom. The Morgan fingerprint density at radius 3 is 1.91 bits per heavy atom. The molecule has 0 atom stereocenters. The summed E-state index contributed by atoms with van der Waals surface area (Å²) in [7, 11) is 0. The first kappa shape index (κ1) is 19.1. The average Bonchev–Trinajstić information content (AvgIpc) is 2.45. The predicted octanol–water partition coefficient (Wildman–Crippen LogP) is 9.16. The molecule has 8 heteroatoms. The van der Waals surface area contributed by atoms with Crippen LogP contribution in [0.25, 0.3) is 0 Å². The summed E-state index contributed by atoms with van der Waals surface area (Å²) in [5.41, 5.74) is 4.83. The number of hydrogen-bond acceptors (Lipinski definition) is 0. The van der Waals surface area contributed by atoms with Crippen LogP contribution in [0.15, 0.2) is 39.0 Å². The van der Waals surface area contributed by atoms with E-state index in [-0.39, 0.29) is 0 Å². The molecule has 22 heavy (non-hydrogen) atoms. The van der Waals surface area contributed by atoms with Gasteiger partial charge in [0, 0.05) is 38.0 Å². The molecular formula is C14H4Br8. The van der Waals surface area contributed by atoms with Gasteiger partial charge in [0.25, 0.3) is 0 Å². The summed E-state index contributed by atoms with van der Waals surface area (Å²) >= 11 is 29.9. The highest BCUT2D eigenvalue weighted by atomic mass is 79.9. The molecule has 0 heterocycles. The highest BCUT2D eigenvalue weighted by Crippen LogP contribution is 2.59. The predicted molar refractivity (Wildman–Crippen MR) is 121 cm³/mol. The fourth-order valence-corrected chi connectivity index (χ4v) is 9.06. The largest absolute Gasteiger partial charge is 0.133 e. The number of alkyl halides is 2. The molecule has 0 bridgehead atoms. The normalized spacial score (nSPS) is 15.5. The van der Waals surface area contributed by atoms with Crippen LogP contribution in [0.4, 0.5) is 0 Å². The second-order valence-electron chi connectivity index (χ2n) is 4.76. The molecule has 0 spiro atoms. The van der Waals surface area contributed by atoms with E-state index in [1.165, 1.54) is 16.7 Å². The highest BCUT2D eigenvalue weighted by molar-refractivity contribution is 9.25. The molecule has 0 aromatic heterocycles. The Kier molecular flexibility index (Phi) is 5.87. The smallest absolute Gasteiger partial charge is 0.0619 e. The van der Waals surface area contributed by atoms with Crippen molar-refractivity contribution in [2.75, 3.05) is 0 Å². The SMILES string of the molecule is Brc1ccc2c(c1Br)C(Br)(Br)c1c(Br)c(Br)c(Br)c(Br)c1C2. The summed E-state index contributed by atoms with van der Waals surface area (Å²) in [5, 5.41) is 0. The number of benzene rings is 2. The van der Waals surface area contributed by atoms with Crippen molar-refractivity contribution in [2.24, 2.45) is 0 Å². The molecule has 0 radical (unpaired) electrons. The van der Waals surface area contributed by atoms with Gasteiger partial charge >= 0.3 is 0 Å². The average molecular weight is 811 g/mol. The second kappa shape index (κ2) is 6.78. The van der Waals surface area contributed by atoms with Crippen LogP contribution in [-0.4, -0.2) is 0 Å². The molecule has 2 aromatic rings. The van der Waals surface area contributed by atoms with Crippen molar-refractivity contribution in [1.29, 1.82) is 0 Å². The lowest BCUT2D eigenvalue weighted by Gasteiger charge is -2.35. The van der Waals surface area contributed by atoms with Gasteiger partial charge in [0.2, 0.25) is 0 Å². The summed E-state index contributed by atoms with van der Waals surface area (Å²) in [6.07, 6.45) is 0.848. The van der Waals surface area contributed by atoms with E-state index >= 15 is 0 Å². The van der Waals surface area contributed by atoms with E-state index in [1.807, 2.05) is 0 Å². The van der Waals surface area contributed by atoms with Crippen molar-refractivity contribution >= 4 is 127 Å². The third kappa shape index (κ3) is 2.87. The van der Waals surface area contributed by atoms with Crippen molar-refractivity contribution in [2.45, 2.75) is 9.65 Å². The topological polar surface area (TPSA) is 0 Å². The zero-order valence-corrected chi connectivity index (χ0v) is 23.1. The van der Waals surface area contributed by atoms with E-state index in [2.05, 4.69) is 140 Å². The van der Waals surface area contributed by atoms with Crippen molar-refractivity contribution < 1.29 is 0 Å². The first-order chi connectivity index (χ1) is 10.2. The molecule has 0 unspecified atom stereocenters. The van der Waals surface area contributed by atoms with Crippen LogP contribution in [0, 0.1) is 0 Å². The Labute approximate surface area is 195 Å². The number of halogens is 8. The zero-order chi connectivity index (χ0) is 16.4. The molecule has 0 saturated carbocycles. The Bertz CT molecular complexity index is 809. The fourth-order valence-electron chi connectivity index (χ4n) is 2.56. The molecular weight excluding hydrogens is 807 g/mol. The number of fused-ring (bicyclic) bond motifs is 2. The molecule has 116 valence electrons. The Balaban J connectivity index is 2.43. The molecule has 0 nitrogen and oxygen atoms in total. The van der Waals surface area contributed by atoms with Crippen molar-refractivity contribution in [3.05, 3.63) is 61.2 Å². The molecule has 3 rings (SSSR count). The van der Waals surface area contributed by atoms with E-state index in [1.54, 1.807) is 0 Å². The quantitative estimate of drug-likeness (QED) is 0.142. The van der Waals surface area contributed by atoms with Crippen LogP contribution in [0.5, 0.6) is 0 Å². The molecule has 0 saturated heterocycles. The van der Waals surface area contributed by atoms with E-state index in [9.17, 15) is 0 Å². The van der Waals surface area contributed by atoms with Crippen molar-refractivity contribution in [3.8, 4) is 0 Å². The van der Waals surface area contributed by atoms with Crippen LogP contribution in [0.2, 0.25) is 0 Å². The molecule has 1 aliphatic rings. The lowest BCUT2D eigenvalue weighted by molar-refractivity contribution is 0.935. The van der Waals surface area contributed by atoms with Gasteiger partial charge in [-0.3, -0.25) is 0 Å². The van der Waals surface area contributed by atoms with Gasteiger partial charge in [-0.15, -0.1) is 0 Å². The van der Waals surface area contributed by atoms with Gasteiger partial charge in [-0.2, -0.15) is 0 Å². The number of hydrogen-bond donors (Lipinski definition) is 0. The van der Waals surface area contributed by atoms with Gasteiger partial charge in [0.05, 0.1) is 0 Å². The van der Waals surface area contributed by atoms with Crippen LogP contribution in [0.1, 0.15) is 22.3 Å². The summed E-state index contributed by atoms with van der Waals surface area (Å²) < 4.78 is 5.66. The molecule has 0 aliphatic heterocycles. The molecule has 2 aromatic carbocycles. The van der Waals surface area contributed by atoms with Crippen LogP contribution in [0.3, 0.4) is 0 Å². The monoisotopic (exact) mass is 803 g/mol. The molecule has 0 N–H and O–H groups in total. The van der Waals surface area contributed by atoms with Crippen LogP contribution < -0.4 is 0 Å². The lowest BCUT2D eigenvalue weighted by atomic mass is 9.86.